The van der Waals surface area contributed by atoms with Gasteiger partial charge in [0.2, 0.25) is 0 Å². The number of rotatable bonds is 6. The van der Waals surface area contributed by atoms with Gasteiger partial charge in [0.1, 0.15) is 17.2 Å². The van der Waals surface area contributed by atoms with Crippen molar-refractivity contribution in [2.24, 2.45) is 0 Å². The van der Waals surface area contributed by atoms with Gasteiger partial charge in [-0.25, -0.2) is 9.78 Å². The quantitative estimate of drug-likeness (QED) is 0.407. The zero-order chi connectivity index (χ0) is 23.3. The fraction of sp³-hybridized carbons (Fsp3) is 0.364. The number of hydrogen-bond donors (Lipinski definition) is 4. The van der Waals surface area contributed by atoms with E-state index in [1.165, 1.54) is 4.90 Å². The summed E-state index contributed by atoms with van der Waals surface area (Å²) in [6.07, 6.45) is 3.46. The molecule has 3 rings (SSSR count). The fourth-order valence-electron chi connectivity index (χ4n) is 3.42. The monoisotopic (exact) mass is 436 g/mol. The Hall–Kier alpha value is -3.82. The number of amides is 3. The van der Waals surface area contributed by atoms with E-state index in [4.69, 9.17) is 10.8 Å². The van der Waals surface area contributed by atoms with E-state index < -0.39 is 5.91 Å². The summed E-state index contributed by atoms with van der Waals surface area (Å²) in [6.45, 7) is 7.21. The molecule has 3 heterocycles. The largest absolute Gasteiger partial charge is 0.338 e. The summed E-state index contributed by atoms with van der Waals surface area (Å²) in [7, 11) is 0. The predicted molar refractivity (Wildman–Crippen MR) is 122 cm³/mol. The van der Waals surface area contributed by atoms with Crippen LogP contribution in [0.15, 0.2) is 30.5 Å². The molecule has 0 saturated carbocycles. The summed E-state index contributed by atoms with van der Waals surface area (Å²) in [4.78, 5) is 36.7. The number of nitrogens with one attached hydrogen (secondary N) is 4. The maximum Gasteiger partial charge on any atom is 0.317 e. The van der Waals surface area contributed by atoms with Crippen LogP contribution in [0.3, 0.4) is 0 Å². The molecule has 4 N–H and O–H groups in total. The second kappa shape index (κ2) is 9.99. The topological polar surface area (TPSA) is 138 Å². The maximum atomic E-state index is 12.8. The van der Waals surface area contributed by atoms with E-state index in [-0.39, 0.29) is 29.4 Å². The van der Waals surface area contributed by atoms with Crippen LogP contribution in [0.2, 0.25) is 0 Å². The molecule has 0 saturated heterocycles. The Morgan fingerprint density at radius 1 is 1.28 bits per heavy atom. The Balaban J connectivity index is 1.75. The van der Waals surface area contributed by atoms with Gasteiger partial charge < -0.3 is 20.4 Å². The number of amidine groups is 1. The van der Waals surface area contributed by atoms with Crippen molar-refractivity contribution in [3.8, 4) is 0 Å². The minimum Gasteiger partial charge on any atom is -0.338 e. The standard InChI is InChI=1S/C22H28N8O2/c1-4-25-22(32)29-9-8-15-11-26-18(10-16(15)12-29)21(31)28-19-7-5-6-17(27-19)20(24)30(13-23)14(2)3/h5-7,10-11,13-14,23-24H,4,8-9,12H2,1-3H3,(H,25,32)(H,27,28,31). The van der Waals surface area contributed by atoms with Crippen LogP contribution in [-0.4, -0.2) is 63.0 Å². The van der Waals surface area contributed by atoms with E-state index in [1.54, 1.807) is 35.4 Å². The van der Waals surface area contributed by atoms with Gasteiger partial charge in [-0.15, -0.1) is 0 Å². The number of nitrogens with zero attached hydrogens (tertiary/aromatic N) is 4. The first-order chi connectivity index (χ1) is 15.3. The highest BCUT2D eigenvalue weighted by atomic mass is 16.2. The minimum atomic E-state index is -0.424. The zero-order valence-corrected chi connectivity index (χ0v) is 18.5. The molecule has 10 heteroatoms. The molecule has 3 amide bonds. The molecule has 0 atom stereocenters. The molecule has 0 aliphatic carbocycles. The average molecular weight is 437 g/mol. The molecule has 10 nitrogen and oxygen atoms in total. The van der Waals surface area contributed by atoms with Crippen LogP contribution in [0, 0.1) is 10.8 Å². The molecule has 1 aliphatic heterocycles. The Morgan fingerprint density at radius 2 is 2.06 bits per heavy atom. The average Bonchev–Trinajstić information content (AvgIpc) is 2.78. The number of aromatic nitrogens is 2. The SMILES string of the molecule is CCNC(=O)N1CCc2cnc(C(=O)Nc3cccc(C(=N)N(C=N)C(C)C)n3)cc2C1. The lowest BCUT2D eigenvalue weighted by atomic mass is 10.0. The second-order valence-electron chi connectivity index (χ2n) is 7.69. The van der Waals surface area contributed by atoms with Crippen LogP contribution >= 0.6 is 0 Å². The lowest BCUT2D eigenvalue weighted by Gasteiger charge is -2.28. The molecule has 0 fully saturated rings. The van der Waals surface area contributed by atoms with Crippen LogP contribution in [0.25, 0.3) is 0 Å². The number of fused-ring (bicyclic) bond motifs is 1. The van der Waals surface area contributed by atoms with Gasteiger partial charge >= 0.3 is 6.03 Å². The Labute approximate surface area is 187 Å². The van der Waals surface area contributed by atoms with Crippen molar-refractivity contribution < 1.29 is 9.59 Å². The Kier molecular flexibility index (Phi) is 7.14. The van der Waals surface area contributed by atoms with Gasteiger partial charge in [0.15, 0.2) is 5.84 Å². The zero-order valence-electron chi connectivity index (χ0n) is 18.5. The molecule has 0 radical (unpaired) electrons. The van der Waals surface area contributed by atoms with Gasteiger partial charge in [0.25, 0.3) is 5.91 Å². The first kappa shape index (κ1) is 22.9. The van der Waals surface area contributed by atoms with Crippen LogP contribution in [-0.2, 0) is 13.0 Å². The highest BCUT2D eigenvalue weighted by Crippen LogP contribution is 2.20. The number of anilines is 1. The molecule has 0 spiro atoms. The molecule has 2 aromatic heterocycles. The molecule has 168 valence electrons. The van der Waals surface area contributed by atoms with Gasteiger partial charge in [-0.3, -0.25) is 20.6 Å². The maximum absolute atomic E-state index is 12.8. The van der Waals surface area contributed by atoms with Crippen molar-refractivity contribution in [2.45, 2.75) is 39.8 Å². The number of hydrogen-bond acceptors (Lipinski definition) is 6. The second-order valence-corrected chi connectivity index (χ2v) is 7.69. The lowest BCUT2D eigenvalue weighted by Crippen LogP contribution is -2.42. The molecule has 32 heavy (non-hydrogen) atoms. The van der Waals surface area contributed by atoms with E-state index in [9.17, 15) is 9.59 Å². The molecule has 2 aromatic rings. The lowest BCUT2D eigenvalue weighted by molar-refractivity contribution is 0.102. The van der Waals surface area contributed by atoms with Crippen LogP contribution in [0.5, 0.6) is 0 Å². The summed E-state index contributed by atoms with van der Waals surface area (Å²) in [5, 5.41) is 21.3. The first-order valence-electron chi connectivity index (χ1n) is 10.5. The van der Waals surface area contributed by atoms with E-state index in [2.05, 4.69) is 20.6 Å². The van der Waals surface area contributed by atoms with Crippen molar-refractivity contribution in [2.75, 3.05) is 18.4 Å². The van der Waals surface area contributed by atoms with Crippen molar-refractivity contribution in [3.05, 3.63) is 53.0 Å². The van der Waals surface area contributed by atoms with E-state index in [1.807, 2.05) is 20.8 Å². The van der Waals surface area contributed by atoms with Gasteiger partial charge in [0, 0.05) is 31.9 Å². The summed E-state index contributed by atoms with van der Waals surface area (Å²) in [5.74, 6) is -0.0651. The van der Waals surface area contributed by atoms with Gasteiger partial charge in [0.05, 0.1) is 6.34 Å². The molecule has 0 aromatic carbocycles. The molecular formula is C22H28N8O2. The molecule has 1 aliphatic rings. The number of carbonyl (C=O) groups is 2. The normalized spacial score (nSPS) is 12.7. The third-order valence-corrected chi connectivity index (χ3v) is 5.13. The Morgan fingerprint density at radius 3 is 2.75 bits per heavy atom. The van der Waals surface area contributed by atoms with E-state index in [0.29, 0.717) is 31.7 Å². The summed E-state index contributed by atoms with van der Waals surface area (Å²) >= 11 is 0. The van der Waals surface area contributed by atoms with Crippen LogP contribution < -0.4 is 10.6 Å². The highest BCUT2D eigenvalue weighted by molar-refractivity contribution is 6.04. The summed E-state index contributed by atoms with van der Waals surface area (Å²) < 4.78 is 0. The van der Waals surface area contributed by atoms with Crippen LogP contribution in [0.1, 0.15) is 48.1 Å². The van der Waals surface area contributed by atoms with Crippen molar-refractivity contribution in [3.63, 3.8) is 0 Å². The molecular weight excluding hydrogens is 408 g/mol. The first-order valence-corrected chi connectivity index (χ1v) is 10.5. The molecule has 0 unspecified atom stereocenters. The third-order valence-electron chi connectivity index (χ3n) is 5.13. The molecule has 0 bridgehead atoms. The van der Waals surface area contributed by atoms with Crippen molar-refractivity contribution in [1.82, 2.24) is 25.1 Å². The third kappa shape index (κ3) is 5.08. The smallest absolute Gasteiger partial charge is 0.317 e. The predicted octanol–water partition coefficient (Wildman–Crippen LogP) is 2.46. The van der Waals surface area contributed by atoms with E-state index >= 15 is 0 Å². The van der Waals surface area contributed by atoms with E-state index in [0.717, 1.165) is 17.5 Å². The highest BCUT2D eigenvalue weighted by Gasteiger charge is 2.22. The van der Waals surface area contributed by atoms with Gasteiger partial charge in [-0.1, -0.05) is 6.07 Å². The van der Waals surface area contributed by atoms with Crippen LogP contribution in [0.4, 0.5) is 10.6 Å². The number of urea groups is 1. The fourth-order valence-corrected chi connectivity index (χ4v) is 3.42. The summed E-state index contributed by atoms with van der Waals surface area (Å²) in [5.41, 5.74) is 2.49. The Bertz CT molecular complexity index is 1040. The summed E-state index contributed by atoms with van der Waals surface area (Å²) in [6, 6.07) is 6.50. The number of carbonyl (C=O) groups excluding carboxylic acids is 2. The van der Waals surface area contributed by atoms with Crippen molar-refractivity contribution in [1.29, 1.82) is 10.8 Å². The minimum absolute atomic E-state index is 0.0706. The van der Waals surface area contributed by atoms with Gasteiger partial charge in [-0.2, -0.15) is 0 Å². The van der Waals surface area contributed by atoms with Gasteiger partial charge in [-0.05, 0) is 56.5 Å². The number of pyridine rings is 2. The van der Waals surface area contributed by atoms with Crippen molar-refractivity contribution >= 4 is 29.9 Å².